The molecule has 2 aromatic rings. The van der Waals surface area contributed by atoms with Gasteiger partial charge in [-0.25, -0.2) is 0 Å². The second-order valence-corrected chi connectivity index (χ2v) is 6.17. The van der Waals surface area contributed by atoms with Gasteiger partial charge < -0.3 is 4.74 Å². The summed E-state index contributed by atoms with van der Waals surface area (Å²) in [4.78, 5) is 2.57. The molecule has 0 saturated heterocycles. The Labute approximate surface area is 125 Å². The molecule has 0 bridgehead atoms. The standard InChI is InChI=1S/C17H21N3O/c1-2-4-17-14(3-1)9-13(6-8-21-17)11-20-7-5-16-15(12-20)10-18-19-16/h1-4,10,13H,5-9,11-12H2,(H,18,19). The number of hydrogen-bond donors (Lipinski definition) is 1. The van der Waals surface area contributed by atoms with Crippen LogP contribution in [0.1, 0.15) is 23.2 Å². The fourth-order valence-electron chi connectivity index (χ4n) is 3.52. The largest absolute Gasteiger partial charge is 0.493 e. The Bertz CT molecular complexity index is 622. The number of aromatic amines is 1. The summed E-state index contributed by atoms with van der Waals surface area (Å²) in [6, 6.07) is 8.47. The minimum Gasteiger partial charge on any atom is -0.493 e. The first-order valence-electron chi connectivity index (χ1n) is 7.82. The van der Waals surface area contributed by atoms with Gasteiger partial charge >= 0.3 is 0 Å². The van der Waals surface area contributed by atoms with Crippen molar-refractivity contribution >= 4 is 0 Å². The lowest BCUT2D eigenvalue weighted by atomic mass is 9.95. The summed E-state index contributed by atoms with van der Waals surface area (Å²) in [6.07, 6.45) is 5.34. The van der Waals surface area contributed by atoms with E-state index in [0.717, 1.165) is 51.3 Å². The molecule has 2 aliphatic heterocycles. The molecule has 1 N–H and O–H groups in total. The van der Waals surface area contributed by atoms with Gasteiger partial charge in [-0.15, -0.1) is 0 Å². The third-order valence-corrected chi connectivity index (χ3v) is 4.66. The van der Waals surface area contributed by atoms with Crippen molar-refractivity contribution in [2.24, 2.45) is 5.92 Å². The molecule has 0 aliphatic carbocycles. The SMILES string of the molecule is c1ccc2c(c1)CC(CN1CCc3[nH]ncc3C1)CCO2. The van der Waals surface area contributed by atoms with Crippen molar-refractivity contribution in [1.82, 2.24) is 15.1 Å². The highest BCUT2D eigenvalue weighted by Crippen LogP contribution is 2.28. The van der Waals surface area contributed by atoms with Crippen molar-refractivity contribution in [2.75, 3.05) is 19.7 Å². The minimum absolute atomic E-state index is 0.683. The summed E-state index contributed by atoms with van der Waals surface area (Å²) in [5, 5.41) is 7.27. The molecule has 0 amide bonds. The van der Waals surface area contributed by atoms with Crippen molar-refractivity contribution < 1.29 is 4.74 Å². The molecule has 110 valence electrons. The number of ether oxygens (including phenoxy) is 1. The molecule has 4 heteroatoms. The summed E-state index contributed by atoms with van der Waals surface area (Å²) < 4.78 is 5.88. The Morgan fingerprint density at radius 2 is 2.24 bits per heavy atom. The second-order valence-electron chi connectivity index (χ2n) is 6.17. The van der Waals surface area contributed by atoms with Crippen LogP contribution in [-0.2, 0) is 19.4 Å². The predicted molar refractivity (Wildman–Crippen MR) is 81.3 cm³/mol. The van der Waals surface area contributed by atoms with Gasteiger partial charge in [0.15, 0.2) is 0 Å². The quantitative estimate of drug-likeness (QED) is 0.920. The van der Waals surface area contributed by atoms with Gasteiger partial charge in [0, 0.05) is 37.3 Å². The monoisotopic (exact) mass is 283 g/mol. The summed E-state index contributed by atoms with van der Waals surface area (Å²) in [6.45, 7) is 4.16. The van der Waals surface area contributed by atoms with E-state index in [1.54, 1.807) is 0 Å². The lowest BCUT2D eigenvalue weighted by Gasteiger charge is -2.29. The highest BCUT2D eigenvalue weighted by Gasteiger charge is 2.23. The van der Waals surface area contributed by atoms with Gasteiger partial charge in [-0.05, 0) is 30.4 Å². The van der Waals surface area contributed by atoms with Crippen LogP contribution in [0.15, 0.2) is 30.5 Å². The Kier molecular flexibility index (Phi) is 3.39. The normalized spacial score (nSPS) is 22.0. The Balaban J connectivity index is 1.44. The molecule has 0 saturated carbocycles. The number of nitrogens with one attached hydrogen (secondary N) is 1. The maximum Gasteiger partial charge on any atom is 0.122 e. The van der Waals surface area contributed by atoms with Gasteiger partial charge in [0.05, 0.1) is 12.8 Å². The summed E-state index contributed by atoms with van der Waals surface area (Å²) >= 11 is 0. The van der Waals surface area contributed by atoms with E-state index in [1.807, 2.05) is 6.20 Å². The van der Waals surface area contributed by atoms with E-state index >= 15 is 0 Å². The molecular weight excluding hydrogens is 262 g/mol. The average molecular weight is 283 g/mol. The van der Waals surface area contributed by atoms with Crippen LogP contribution in [0.2, 0.25) is 0 Å². The summed E-state index contributed by atoms with van der Waals surface area (Å²) in [7, 11) is 0. The number of rotatable bonds is 2. The fraction of sp³-hybridized carbons (Fsp3) is 0.471. The van der Waals surface area contributed by atoms with E-state index in [1.165, 1.54) is 16.8 Å². The van der Waals surface area contributed by atoms with Crippen molar-refractivity contribution in [3.63, 3.8) is 0 Å². The molecule has 0 fully saturated rings. The zero-order valence-electron chi connectivity index (χ0n) is 12.2. The molecule has 2 aliphatic rings. The zero-order valence-corrected chi connectivity index (χ0v) is 12.2. The molecular formula is C17H21N3O. The Hall–Kier alpha value is -1.81. The lowest BCUT2D eigenvalue weighted by molar-refractivity contribution is 0.196. The van der Waals surface area contributed by atoms with Gasteiger partial charge in [0.1, 0.15) is 5.75 Å². The van der Waals surface area contributed by atoms with E-state index in [2.05, 4.69) is 39.4 Å². The lowest BCUT2D eigenvalue weighted by Crippen LogP contribution is -2.35. The predicted octanol–water partition coefficient (Wildman–Crippen LogP) is 2.41. The third-order valence-electron chi connectivity index (χ3n) is 4.66. The first-order valence-corrected chi connectivity index (χ1v) is 7.82. The number of H-pyrrole nitrogens is 1. The van der Waals surface area contributed by atoms with Crippen LogP contribution in [0.5, 0.6) is 5.75 Å². The zero-order chi connectivity index (χ0) is 14.1. The van der Waals surface area contributed by atoms with Crippen molar-refractivity contribution in [2.45, 2.75) is 25.8 Å². The van der Waals surface area contributed by atoms with E-state index in [4.69, 9.17) is 4.74 Å². The first-order chi connectivity index (χ1) is 10.4. The van der Waals surface area contributed by atoms with Gasteiger partial charge in [-0.1, -0.05) is 18.2 Å². The highest BCUT2D eigenvalue weighted by atomic mass is 16.5. The van der Waals surface area contributed by atoms with Gasteiger partial charge in [-0.3, -0.25) is 10.00 Å². The van der Waals surface area contributed by atoms with Crippen LogP contribution in [-0.4, -0.2) is 34.8 Å². The number of hydrogen-bond acceptors (Lipinski definition) is 3. The molecule has 21 heavy (non-hydrogen) atoms. The topological polar surface area (TPSA) is 41.2 Å². The Morgan fingerprint density at radius 3 is 3.24 bits per heavy atom. The number of para-hydroxylation sites is 1. The van der Waals surface area contributed by atoms with Crippen LogP contribution in [0.3, 0.4) is 0 Å². The molecule has 1 aromatic carbocycles. The Morgan fingerprint density at radius 1 is 1.29 bits per heavy atom. The van der Waals surface area contributed by atoms with Crippen LogP contribution in [0.25, 0.3) is 0 Å². The molecule has 1 aromatic heterocycles. The van der Waals surface area contributed by atoms with Crippen LogP contribution < -0.4 is 4.74 Å². The second kappa shape index (κ2) is 5.53. The van der Waals surface area contributed by atoms with Crippen molar-refractivity contribution in [3.05, 3.63) is 47.3 Å². The molecule has 4 rings (SSSR count). The molecule has 4 nitrogen and oxygen atoms in total. The maximum absolute atomic E-state index is 5.88. The summed E-state index contributed by atoms with van der Waals surface area (Å²) in [5.41, 5.74) is 4.05. The summed E-state index contributed by atoms with van der Waals surface area (Å²) in [5.74, 6) is 1.76. The molecule has 0 radical (unpaired) electrons. The average Bonchev–Trinajstić information content (AvgIpc) is 2.87. The molecule has 1 unspecified atom stereocenters. The van der Waals surface area contributed by atoms with E-state index in [9.17, 15) is 0 Å². The van der Waals surface area contributed by atoms with Gasteiger partial charge in [-0.2, -0.15) is 5.10 Å². The molecule has 3 heterocycles. The van der Waals surface area contributed by atoms with E-state index in [-0.39, 0.29) is 0 Å². The maximum atomic E-state index is 5.88. The number of benzene rings is 1. The first kappa shape index (κ1) is 12.9. The minimum atomic E-state index is 0.683. The molecule has 0 spiro atoms. The van der Waals surface area contributed by atoms with Crippen LogP contribution >= 0.6 is 0 Å². The van der Waals surface area contributed by atoms with Crippen LogP contribution in [0.4, 0.5) is 0 Å². The smallest absolute Gasteiger partial charge is 0.122 e. The van der Waals surface area contributed by atoms with Gasteiger partial charge in [0.2, 0.25) is 0 Å². The van der Waals surface area contributed by atoms with E-state index < -0.39 is 0 Å². The fourth-order valence-corrected chi connectivity index (χ4v) is 3.52. The number of aromatic nitrogens is 2. The van der Waals surface area contributed by atoms with E-state index in [0.29, 0.717) is 5.92 Å². The third kappa shape index (κ3) is 2.68. The van der Waals surface area contributed by atoms with Crippen molar-refractivity contribution in [3.8, 4) is 5.75 Å². The molecule has 1 atom stereocenters. The van der Waals surface area contributed by atoms with Crippen LogP contribution in [0, 0.1) is 5.92 Å². The van der Waals surface area contributed by atoms with Crippen molar-refractivity contribution in [1.29, 1.82) is 0 Å². The van der Waals surface area contributed by atoms with Gasteiger partial charge in [0.25, 0.3) is 0 Å². The number of nitrogens with zero attached hydrogens (tertiary/aromatic N) is 2. The highest BCUT2D eigenvalue weighted by molar-refractivity contribution is 5.34. The number of fused-ring (bicyclic) bond motifs is 2.